The largest absolute Gasteiger partial charge is 0.478 e. The van der Waals surface area contributed by atoms with Gasteiger partial charge in [0.05, 0.1) is 5.56 Å². The smallest absolute Gasteiger partial charge is 0.335 e. The van der Waals surface area contributed by atoms with Crippen LogP contribution in [0.5, 0.6) is 0 Å². The molecule has 1 unspecified atom stereocenters. The number of hydrogen-bond acceptors (Lipinski definition) is 4. The van der Waals surface area contributed by atoms with Gasteiger partial charge in [-0.05, 0) is 18.1 Å². The van der Waals surface area contributed by atoms with Gasteiger partial charge < -0.3 is 15.5 Å². The highest BCUT2D eigenvalue weighted by Crippen LogP contribution is 2.07. The number of anilines is 1. The average Bonchev–Trinajstić information content (AvgIpc) is 2.26. The molecule has 1 aromatic rings. The molecule has 0 fully saturated rings. The third-order valence-electron chi connectivity index (χ3n) is 1.95. The van der Waals surface area contributed by atoms with Crippen LogP contribution in [-0.4, -0.2) is 34.3 Å². The summed E-state index contributed by atoms with van der Waals surface area (Å²) in [6.45, 7) is 2.53. The van der Waals surface area contributed by atoms with E-state index in [2.05, 4.69) is 10.3 Å². The van der Waals surface area contributed by atoms with E-state index in [0.717, 1.165) is 0 Å². The van der Waals surface area contributed by atoms with Crippen molar-refractivity contribution < 1.29 is 15.0 Å². The summed E-state index contributed by atoms with van der Waals surface area (Å²) in [4.78, 5) is 14.6. The molecule has 0 aliphatic carbocycles. The Balaban J connectivity index is 2.62. The van der Waals surface area contributed by atoms with E-state index in [4.69, 9.17) is 10.2 Å². The Morgan fingerprint density at radius 1 is 1.67 bits per heavy atom. The van der Waals surface area contributed by atoms with Crippen molar-refractivity contribution >= 4 is 11.8 Å². The second kappa shape index (κ2) is 5.31. The Labute approximate surface area is 87.8 Å². The quantitative estimate of drug-likeness (QED) is 0.670. The minimum Gasteiger partial charge on any atom is -0.478 e. The first-order valence-corrected chi connectivity index (χ1v) is 4.67. The molecule has 15 heavy (non-hydrogen) atoms. The molecule has 1 aromatic heterocycles. The van der Waals surface area contributed by atoms with E-state index in [1.807, 2.05) is 6.92 Å². The lowest BCUT2D eigenvalue weighted by molar-refractivity contribution is 0.0697. The van der Waals surface area contributed by atoms with E-state index >= 15 is 0 Å². The van der Waals surface area contributed by atoms with E-state index in [-0.39, 0.29) is 18.1 Å². The van der Waals surface area contributed by atoms with Crippen LogP contribution in [0.2, 0.25) is 0 Å². The van der Waals surface area contributed by atoms with Crippen LogP contribution in [0, 0.1) is 5.92 Å². The molecule has 5 nitrogen and oxygen atoms in total. The fourth-order valence-corrected chi connectivity index (χ4v) is 1.00. The molecule has 82 valence electrons. The zero-order valence-corrected chi connectivity index (χ0v) is 8.47. The summed E-state index contributed by atoms with van der Waals surface area (Å²) < 4.78 is 0. The lowest BCUT2D eigenvalue weighted by atomic mass is 10.2. The van der Waals surface area contributed by atoms with E-state index in [0.29, 0.717) is 12.4 Å². The van der Waals surface area contributed by atoms with Gasteiger partial charge in [-0.2, -0.15) is 0 Å². The van der Waals surface area contributed by atoms with Gasteiger partial charge in [0.25, 0.3) is 0 Å². The van der Waals surface area contributed by atoms with Gasteiger partial charge in [0.1, 0.15) is 5.82 Å². The minimum atomic E-state index is -0.976. The van der Waals surface area contributed by atoms with Gasteiger partial charge in [0.2, 0.25) is 0 Å². The maximum atomic E-state index is 10.7. The second-order valence-electron chi connectivity index (χ2n) is 3.40. The van der Waals surface area contributed by atoms with Gasteiger partial charge in [-0.25, -0.2) is 9.78 Å². The van der Waals surface area contributed by atoms with Gasteiger partial charge in [-0.1, -0.05) is 6.92 Å². The predicted molar refractivity (Wildman–Crippen MR) is 55.9 cm³/mol. The molecule has 0 aliphatic heterocycles. The molecule has 1 heterocycles. The van der Waals surface area contributed by atoms with Crippen molar-refractivity contribution in [3.63, 3.8) is 0 Å². The van der Waals surface area contributed by atoms with E-state index < -0.39 is 5.97 Å². The van der Waals surface area contributed by atoms with Gasteiger partial charge in [0, 0.05) is 19.3 Å². The van der Waals surface area contributed by atoms with Crippen LogP contribution in [0.4, 0.5) is 5.82 Å². The Morgan fingerprint density at radius 2 is 2.40 bits per heavy atom. The average molecular weight is 210 g/mol. The molecule has 0 saturated carbocycles. The maximum Gasteiger partial charge on any atom is 0.335 e. The molecule has 0 bridgehead atoms. The van der Waals surface area contributed by atoms with Crippen molar-refractivity contribution in [2.45, 2.75) is 6.92 Å². The van der Waals surface area contributed by atoms with Gasteiger partial charge in [-0.15, -0.1) is 0 Å². The summed E-state index contributed by atoms with van der Waals surface area (Å²) in [6.07, 6.45) is 1.44. The second-order valence-corrected chi connectivity index (χ2v) is 3.40. The molecule has 1 rings (SSSR count). The van der Waals surface area contributed by atoms with Crippen LogP contribution in [0.3, 0.4) is 0 Å². The van der Waals surface area contributed by atoms with E-state index in [1.165, 1.54) is 18.3 Å². The van der Waals surface area contributed by atoms with Crippen LogP contribution >= 0.6 is 0 Å². The number of aromatic carboxylic acids is 1. The normalized spacial score (nSPS) is 12.1. The summed E-state index contributed by atoms with van der Waals surface area (Å²) in [5.74, 6) is -0.355. The number of carboxylic acid groups (broad SMARTS) is 1. The molecule has 3 N–H and O–H groups in total. The molecule has 0 saturated heterocycles. The van der Waals surface area contributed by atoms with Crippen molar-refractivity contribution in [3.8, 4) is 0 Å². The third kappa shape index (κ3) is 3.55. The Morgan fingerprint density at radius 3 is 3.00 bits per heavy atom. The summed E-state index contributed by atoms with van der Waals surface area (Å²) in [7, 11) is 0. The summed E-state index contributed by atoms with van der Waals surface area (Å²) >= 11 is 0. The van der Waals surface area contributed by atoms with Gasteiger partial charge >= 0.3 is 5.97 Å². The zero-order valence-electron chi connectivity index (χ0n) is 8.47. The molecule has 1 atom stereocenters. The summed E-state index contributed by atoms with van der Waals surface area (Å²) in [5, 5.41) is 20.5. The molecule has 0 aliphatic rings. The number of aliphatic hydroxyl groups is 1. The number of hydrogen-bond donors (Lipinski definition) is 3. The van der Waals surface area contributed by atoms with E-state index in [9.17, 15) is 4.79 Å². The molecule has 0 amide bonds. The van der Waals surface area contributed by atoms with E-state index in [1.54, 1.807) is 0 Å². The topological polar surface area (TPSA) is 82.5 Å². The first kappa shape index (κ1) is 11.5. The predicted octanol–water partition coefficient (Wildman–Crippen LogP) is 0.820. The zero-order chi connectivity index (χ0) is 11.3. The highest BCUT2D eigenvalue weighted by Gasteiger charge is 2.05. The first-order chi connectivity index (χ1) is 7.13. The van der Waals surface area contributed by atoms with Crippen LogP contribution < -0.4 is 5.32 Å². The van der Waals surface area contributed by atoms with Crippen molar-refractivity contribution in [2.75, 3.05) is 18.5 Å². The van der Waals surface area contributed by atoms with Crippen molar-refractivity contribution in [1.29, 1.82) is 0 Å². The molecule has 0 aromatic carbocycles. The molecule has 0 radical (unpaired) electrons. The number of carboxylic acids is 1. The highest BCUT2D eigenvalue weighted by atomic mass is 16.4. The Kier molecular flexibility index (Phi) is 4.05. The number of aliphatic hydroxyl groups excluding tert-OH is 1. The van der Waals surface area contributed by atoms with Crippen molar-refractivity contribution in [3.05, 3.63) is 23.9 Å². The monoisotopic (exact) mass is 210 g/mol. The minimum absolute atomic E-state index is 0.0889. The molecular formula is C10H14N2O3. The molecule has 5 heteroatoms. The molecular weight excluding hydrogens is 196 g/mol. The van der Waals surface area contributed by atoms with Crippen LogP contribution in [0.15, 0.2) is 18.3 Å². The number of rotatable bonds is 5. The maximum absolute atomic E-state index is 10.7. The highest BCUT2D eigenvalue weighted by molar-refractivity contribution is 5.88. The lowest BCUT2D eigenvalue weighted by Gasteiger charge is -2.10. The Hall–Kier alpha value is -1.62. The van der Waals surface area contributed by atoms with Crippen LogP contribution in [0.25, 0.3) is 0 Å². The summed E-state index contributed by atoms with van der Waals surface area (Å²) in [6, 6.07) is 2.90. The fraction of sp³-hybridized carbons (Fsp3) is 0.400. The lowest BCUT2D eigenvalue weighted by Crippen LogP contribution is -2.15. The molecule has 0 spiro atoms. The SMILES string of the molecule is CC(CO)CNc1cc(C(=O)O)ccn1. The Bertz CT molecular complexity index is 341. The number of nitrogens with one attached hydrogen (secondary N) is 1. The number of aromatic nitrogens is 1. The van der Waals surface area contributed by atoms with Crippen LogP contribution in [-0.2, 0) is 0 Å². The van der Waals surface area contributed by atoms with Crippen molar-refractivity contribution in [2.24, 2.45) is 5.92 Å². The van der Waals surface area contributed by atoms with Gasteiger partial charge in [-0.3, -0.25) is 0 Å². The standard InChI is InChI=1S/C10H14N2O3/c1-7(6-13)5-12-9-4-8(10(14)15)2-3-11-9/h2-4,7,13H,5-6H2,1H3,(H,11,12)(H,14,15). The number of carbonyl (C=O) groups is 1. The van der Waals surface area contributed by atoms with Crippen LogP contribution in [0.1, 0.15) is 17.3 Å². The number of nitrogens with zero attached hydrogens (tertiary/aromatic N) is 1. The fourth-order valence-electron chi connectivity index (χ4n) is 1.00. The third-order valence-corrected chi connectivity index (χ3v) is 1.95. The van der Waals surface area contributed by atoms with Gasteiger partial charge in [0.15, 0.2) is 0 Å². The summed E-state index contributed by atoms with van der Waals surface area (Å²) in [5.41, 5.74) is 0.198. The first-order valence-electron chi connectivity index (χ1n) is 4.67. The van der Waals surface area contributed by atoms with Crippen molar-refractivity contribution in [1.82, 2.24) is 4.98 Å². The number of pyridine rings is 1.